The second kappa shape index (κ2) is 8.04. The molecule has 0 bridgehead atoms. The summed E-state index contributed by atoms with van der Waals surface area (Å²) in [5.41, 5.74) is 0. The molecule has 1 atom stereocenters. The van der Waals surface area contributed by atoms with Gasteiger partial charge >= 0.3 is 0 Å². The molecule has 1 N–H and O–H groups in total. The molecule has 0 amide bonds. The highest BCUT2D eigenvalue weighted by Crippen LogP contribution is 2.28. The zero-order valence-electron chi connectivity index (χ0n) is 11.2. The molecule has 1 aliphatic carbocycles. The maximum absolute atomic E-state index is 5.65. The summed E-state index contributed by atoms with van der Waals surface area (Å²) in [5, 5.41) is 3.37. The molecule has 0 saturated heterocycles. The quantitative estimate of drug-likeness (QED) is 0.576. The predicted octanol–water partition coefficient (Wildman–Crippen LogP) is 1.73. The second-order valence-electron chi connectivity index (χ2n) is 4.99. The Morgan fingerprint density at radius 3 is 2.81 bits per heavy atom. The van der Waals surface area contributed by atoms with E-state index in [1.54, 1.807) is 0 Å². The minimum Gasteiger partial charge on any atom is -0.380 e. The molecule has 1 aliphatic rings. The fourth-order valence-electron chi connectivity index (χ4n) is 1.67. The fraction of sp³-hybridized carbons (Fsp3) is 1.00. The molecule has 1 unspecified atom stereocenters. The van der Waals surface area contributed by atoms with Crippen LogP contribution in [-0.4, -0.2) is 50.8 Å². The van der Waals surface area contributed by atoms with Gasteiger partial charge in [0.2, 0.25) is 0 Å². The van der Waals surface area contributed by atoms with Gasteiger partial charge in [-0.15, -0.1) is 0 Å². The highest BCUT2D eigenvalue weighted by Gasteiger charge is 2.21. The summed E-state index contributed by atoms with van der Waals surface area (Å²) < 4.78 is 5.65. The lowest BCUT2D eigenvalue weighted by Crippen LogP contribution is -2.34. The van der Waals surface area contributed by atoms with Crippen molar-refractivity contribution in [3.05, 3.63) is 0 Å². The Hall–Kier alpha value is -0.120. The summed E-state index contributed by atoms with van der Waals surface area (Å²) in [6.45, 7) is 9.56. The monoisotopic (exact) mass is 228 g/mol. The van der Waals surface area contributed by atoms with Crippen LogP contribution in [0.15, 0.2) is 0 Å². The van der Waals surface area contributed by atoms with Crippen molar-refractivity contribution in [2.45, 2.75) is 39.2 Å². The molecule has 0 aromatic rings. The van der Waals surface area contributed by atoms with Gasteiger partial charge in [0.25, 0.3) is 0 Å². The number of hydrogen-bond acceptors (Lipinski definition) is 3. The topological polar surface area (TPSA) is 24.5 Å². The van der Waals surface area contributed by atoms with E-state index >= 15 is 0 Å². The molecule has 0 radical (unpaired) electrons. The second-order valence-corrected chi connectivity index (χ2v) is 4.99. The van der Waals surface area contributed by atoms with Crippen molar-refractivity contribution in [1.29, 1.82) is 0 Å². The van der Waals surface area contributed by atoms with E-state index in [1.807, 2.05) is 0 Å². The van der Waals surface area contributed by atoms with Crippen LogP contribution in [0.2, 0.25) is 0 Å². The summed E-state index contributed by atoms with van der Waals surface area (Å²) in [6.07, 6.45) is 3.98. The minimum atomic E-state index is 0.642. The zero-order chi connectivity index (χ0) is 11.8. The molecular weight excluding hydrogens is 200 g/mol. The standard InChI is InChI=1S/C13H28N2O/c1-4-14-8-7-12(2)15(3)9-10-16-11-13-5-6-13/h12-14H,4-11H2,1-3H3. The van der Waals surface area contributed by atoms with E-state index in [9.17, 15) is 0 Å². The molecule has 16 heavy (non-hydrogen) atoms. The van der Waals surface area contributed by atoms with Crippen LogP contribution < -0.4 is 5.32 Å². The van der Waals surface area contributed by atoms with Crippen LogP contribution in [0, 0.1) is 5.92 Å². The lowest BCUT2D eigenvalue weighted by Gasteiger charge is -2.24. The maximum atomic E-state index is 5.65. The summed E-state index contributed by atoms with van der Waals surface area (Å²) in [5.74, 6) is 0.886. The fourth-order valence-corrected chi connectivity index (χ4v) is 1.67. The van der Waals surface area contributed by atoms with Gasteiger partial charge in [0, 0.05) is 19.2 Å². The van der Waals surface area contributed by atoms with E-state index in [4.69, 9.17) is 4.74 Å². The number of rotatable bonds is 10. The third-order valence-electron chi connectivity index (χ3n) is 3.38. The smallest absolute Gasteiger partial charge is 0.0593 e. The molecular formula is C13H28N2O. The molecule has 3 heteroatoms. The number of nitrogens with one attached hydrogen (secondary N) is 1. The van der Waals surface area contributed by atoms with Crippen LogP contribution in [0.5, 0.6) is 0 Å². The summed E-state index contributed by atoms with van der Waals surface area (Å²) >= 11 is 0. The molecule has 1 fully saturated rings. The molecule has 0 spiro atoms. The van der Waals surface area contributed by atoms with Gasteiger partial charge in [-0.3, -0.25) is 0 Å². The number of likely N-dealkylation sites (N-methyl/N-ethyl adjacent to an activating group) is 1. The molecule has 0 aliphatic heterocycles. The van der Waals surface area contributed by atoms with Gasteiger partial charge in [-0.2, -0.15) is 0 Å². The number of ether oxygens (including phenoxy) is 1. The molecule has 0 heterocycles. The molecule has 3 nitrogen and oxygen atoms in total. The first kappa shape index (κ1) is 13.9. The number of hydrogen-bond donors (Lipinski definition) is 1. The number of nitrogens with zero attached hydrogens (tertiary/aromatic N) is 1. The average Bonchev–Trinajstić information content (AvgIpc) is 3.08. The van der Waals surface area contributed by atoms with Gasteiger partial charge in [-0.1, -0.05) is 6.92 Å². The third-order valence-corrected chi connectivity index (χ3v) is 3.38. The van der Waals surface area contributed by atoms with E-state index in [1.165, 1.54) is 19.3 Å². The Kier molecular flexibility index (Phi) is 7.01. The Balaban J connectivity index is 1.92. The van der Waals surface area contributed by atoms with Gasteiger partial charge in [0.1, 0.15) is 0 Å². The minimum absolute atomic E-state index is 0.642. The normalized spacial score (nSPS) is 18.0. The largest absolute Gasteiger partial charge is 0.380 e. The van der Waals surface area contributed by atoms with Crippen LogP contribution in [0.1, 0.15) is 33.1 Å². The van der Waals surface area contributed by atoms with Gasteiger partial charge in [0.05, 0.1) is 6.61 Å². The summed E-state index contributed by atoms with van der Waals surface area (Å²) in [6, 6.07) is 0.642. The molecule has 1 saturated carbocycles. The first-order valence-corrected chi connectivity index (χ1v) is 6.72. The van der Waals surface area contributed by atoms with Crippen LogP contribution in [-0.2, 0) is 4.74 Å². The molecule has 0 aromatic heterocycles. The lowest BCUT2D eigenvalue weighted by atomic mass is 10.2. The van der Waals surface area contributed by atoms with Crippen LogP contribution in [0.3, 0.4) is 0 Å². The van der Waals surface area contributed by atoms with Gasteiger partial charge in [-0.25, -0.2) is 0 Å². The van der Waals surface area contributed by atoms with E-state index in [2.05, 4.69) is 31.1 Å². The van der Waals surface area contributed by atoms with Crippen molar-refractivity contribution in [3.63, 3.8) is 0 Å². The highest BCUT2D eigenvalue weighted by molar-refractivity contribution is 4.72. The summed E-state index contributed by atoms with van der Waals surface area (Å²) in [7, 11) is 2.19. The van der Waals surface area contributed by atoms with Crippen molar-refractivity contribution in [2.75, 3.05) is 39.9 Å². The maximum Gasteiger partial charge on any atom is 0.0593 e. The average molecular weight is 228 g/mol. The summed E-state index contributed by atoms with van der Waals surface area (Å²) in [4.78, 5) is 2.39. The Morgan fingerprint density at radius 2 is 2.19 bits per heavy atom. The van der Waals surface area contributed by atoms with E-state index in [0.29, 0.717) is 6.04 Å². The third kappa shape index (κ3) is 6.46. The first-order valence-electron chi connectivity index (χ1n) is 6.72. The van der Waals surface area contributed by atoms with Crippen molar-refractivity contribution >= 4 is 0 Å². The SMILES string of the molecule is CCNCCC(C)N(C)CCOCC1CC1. The molecule has 96 valence electrons. The van der Waals surface area contributed by atoms with E-state index in [0.717, 1.165) is 38.8 Å². The van der Waals surface area contributed by atoms with E-state index in [-0.39, 0.29) is 0 Å². The van der Waals surface area contributed by atoms with Crippen molar-refractivity contribution in [3.8, 4) is 0 Å². The van der Waals surface area contributed by atoms with Gasteiger partial charge < -0.3 is 15.0 Å². The van der Waals surface area contributed by atoms with E-state index < -0.39 is 0 Å². The molecule has 0 aromatic carbocycles. The lowest BCUT2D eigenvalue weighted by molar-refractivity contribution is 0.0924. The van der Waals surface area contributed by atoms with Crippen molar-refractivity contribution in [2.24, 2.45) is 5.92 Å². The predicted molar refractivity (Wildman–Crippen MR) is 68.8 cm³/mol. The molecule has 1 rings (SSSR count). The van der Waals surface area contributed by atoms with Crippen molar-refractivity contribution in [1.82, 2.24) is 10.2 Å². The van der Waals surface area contributed by atoms with Crippen molar-refractivity contribution < 1.29 is 4.74 Å². The highest BCUT2D eigenvalue weighted by atomic mass is 16.5. The Labute approximate surface area is 101 Å². The Bertz CT molecular complexity index is 171. The first-order chi connectivity index (χ1) is 7.74. The van der Waals surface area contributed by atoms with Gasteiger partial charge in [-0.05, 0) is 52.2 Å². The van der Waals surface area contributed by atoms with Crippen LogP contribution in [0.25, 0.3) is 0 Å². The van der Waals surface area contributed by atoms with Crippen LogP contribution >= 0.6 is 0 Å². The zero-order valence-corrected chi connectivity index (χ0v) is 11.2. The van der Waals surface area contributed by atoms with Crippen LogP contribution in [0.4, 0.5) is 0 Å². The Morgan fingerprint density at radius 1 is 1.44 bits per heavy atom. The van der Waals surface area contributed by atoms with Gasteiger partial charge in [0.15, 0.2) is 0 Å².